The molecule has 3 rings (SSSR count). The van der Waals surface area contributed by atoms with Gasteiger partial charge in [-0.2, -0.15) is 0 Å². The molecule has 2 aromatic rings. The smallest absolute Gasteiger partial charge is 0.254 e. The molecule has 1 saturated heterocycles. The van der Waals surface area contributed by atoms with E-state index in [9.17, 15) is 4.79 Å². The van der Waals surface area contributed by atoms with Crippen LogP contribution in [0.3, 0.4) is 0 Å². The van der Waals surface area contributed by atoms with Gasteiger partial charge in [-0.15, -0.1) is 5.10 Å². The zero-order valence-corrected chi connectivity index (χ0v) is 14.0. The van der Waals surface area contributed by atoms with Gasteiger partial charge in [0.15, 0.2) is 5.82 Å². The summed E-state index contributed by atoms with van der Waals surface area (Å²) in [4.78, 5) is 14.5. The summed E-state index contributed by atoms with van der Waals surface area (Å²) in [5, 5.41) is 11.2. The predicted octanol–water partition coefficient (Wildman–Crippen LogP) is 1.04. The van der Waals surface area contributed by atoms with Crippen LogP contribution >= 0.6 is 0 Å². The van der Waals surface area contributed by atoms with Crippen molar-refractivity contribution in [2.24, 2.45) is 7.05 Å². The molecule has 1 fully saturated rings. The molecule has 8 heteroatoms. The first kappa shape index (κ1) is 16.4. The Hall–Kier alpha value is -2.48. The van der Waals surface area contributed by atoms with Gasteiger partial charge in [0.2, 0.25) is 0 Å². The molecule has 128 valence electrons. The fourth-order valence-electron chi connectivity index (χ4n) is 2.76. The molecule has 1 aliphatic heterocycles. The summed E-state index contributed by atoms with van der Waals surface area (Å²) in [5.74, 6) is 1.21. The minimum Gasteiger partial charge on any atom is -0.486 e. The number of amides is 1. The number of rotatable bonds is 4. The minimum absolute atomic E-state index is 0.0113. The molecule has 0 radical (unpaired) electrons. The van der Waals surface area contributed by atoms with E-state index in [1.807, 2.05) is 30.9 Å². The number of ether oxygens (including phenoxy) is 2. The summed E-state index contributed by atoms with van der Waals surface area (Å²) in [6, 6.07) is 7.16. The summed E-state index contributed by atoms with van der Waals surface area (Å²) in [5.41, 5.74) is 0.602. The molecule has 24 heavy (non-hydrogen) atoms. The van der Waals surface area contributed by atoms with Crippen LogP contribution in [0.1, 0.15) is 30.0 Å². The van der Waals surface area contributed by atoms with E-state index >= 15 is 0 Å². The number of aromatic nitrogens is 4. The second kappa shape index (κ2) is 6.96. The Kier molecular flexibility index (Phi) is 4.75. The number of hydrogen-bond donors (Lipinski definition) is 0. The highest BCUT2D eigenvalue weighted by Crippen LogP contribution is 2.19. The molecular weight excluding hydrogens is 310 g/mol. The lowest BCUT2D eigenvalue weighted by Crippen LogP contribution is -2.48. The standard InChI is InChI=1S/C16H21N5O3/c1-11-8-21(9-12(2)24-11)16(22)13-5-4-6-14(7-13)23-10-15-17-18-19-20(15)3/h4-7,11-12H,8-10H2,1-3H3/t11-,12-/m0/s1. The number of benzene rings is 1. The third kappa shape index (κ3) is 3.70. The maximum Gasteiger partial charge on any atom is 0.254 e. The molecule has 2 heterocycles. The number of morpholine rings is 1. The van der Waals surface area contributed by atoms with Crippen LogP contribution in [0.4, 0.5) is 0 Å². The van der Waals surface area contributed by atoms with Gasteiger partial charge in [0.05, 0.1) is 12.2 Å². The fourth-order valence-corrected chi connectivity index (χ4v) is 2.76. The highest BCUT2D eigenvalue weighted by molar-refractivity contribution is 5.94. The molecule has 0 spiro atoms. The fraction of sp³-hybridized carbons (Fsp3) is 0.500. The third-order valence-electron chi connectivity index (χ3n) is 3.86. The Morgan fingerprint density at radius 2 is 2.08 bits per heavy atom. The van der Waals surface area contributed by atoms with Crippen molar-refractivity contribution >= 4 is 5.91 Å². The van der Waals surface area contributed by atoms with Crippen molar-refractivity contribution in [2.45, 2.75) is 32.7 Å². The van der Waals surface area contributed by atoms with Crippen molar-refractivity contribution in [1.82, 2.24) is 25.1 Å². The zero-order chi connectivity index (χ0) is 17.1. The van der Waals surface area contributed by atoms with E-state index in [1.54, 1.807) is 23.9 Å². The van der Waals surface area contributed by atoms with Crippen LogP contribution in [0, 0.1) is 0 Å². The molecule has 0 bridgehead atoms. The molecule has 1 aromatic carbocycles. The monoisotopic (exact) mass is 331 g/mol. The van der Waals surface area contributed by atoms with E-state index in [0.717, 1.165) is 0 Å². The van der Waals surface area contributed by atoms with Gasteiger partial charge in [0, 0.05) is 25.7 Å². The van der Waals surface area contributed by atoms with Gasteiger partial charge in [0.25, 0.3) is 5.91 Å². The van der Waals surface area contributed by atoms with Crippen LogP contribution in [0.2, 0.25) is 0 Å². The average Bonchev–Trinajstić information content (AvgIpc) is 2.97. The van der Waals surface area contributed by atoms with E-state index in [1.165, 1.54) is 0 Å². The summed E-state index contributed by atoms with van der Waals surface area (Å²) >= 11 is 0. The van der Waals surface area contributed by atoms with Gasteiger partial charge in [-0.1, -0.05) is 6.07 Å². The van der Waals surface area contributed by atoms with Gasteiger partial charge < -0.3 is 14.4 Å². The highest BCUT2D eigenvalue weighted by atomic mass is 16.5. The van der Waals surface area contributed by atoms with Crippen LogP contribution in [0.5, 0.6) is 5.75 Å². The van der Waals surface area contributed by atoms with E-state index in [2.05, 4.69) is 15.5 Å². The Morgan fingerprint density at radius 3 is 2.75 bits per heavy atom. The van der Waals surface area contributed by atoms with Crippen LogP contribution in [0.15, 0.2) is 24.3 Å². The number of aryl methyl sites for hydroxylation is 1. The van der Waals surface area contributed by atoms with Crippen LogP contribution in [0.25, 0.3) is 0 Å². The summed E-state index contributed by atoms with van der Waals surface area (Å²) in [6.45, 7) is 5.39. The third-order valence-corrected chi connectivity index (χ3v) is 3.86. The summed E-state index contributed by atoms with van der Waals surface area (Å²) in [6.07, 6.45) is 0.0843. The molecule has 1 aromatic heterocycles. The molecule has 0 aliphatic carbocycles. The van der Waals surface area contributed by atoms with Crippen molar-refractivity contribution in [3.63, 3.8) is 0 Å². The van der Waals surface area contributed by atoms with Gasteiger partial charge in [-0.25, -0.2) is 4.68 Å². The van der Waals surface area contributed by atoms with Crippen LogP contribution < -0.4 is 4.74 Å². The topological polar surface area (TPSA) is 82.4 Å². The normalized spacial score (nSPS) is 20.9. The Labute approximate surface area is 140 Å². The van der Waals surface area contributed by atoms with Crippen molar-refractivity contribution in [2.75, 3.05) is 13.1 Å². The second-order valence-electron chi connectivity index (χ2n) is 6.00. The van der Waals surface area contributed by atoms with Crippen molar-refractivity contribution < 1.29 is 14.3 Å². The number of carbonyl (C=O) groups is 1. The lowest BCUT2D eigenvalue weighted by molar-refractivity contribution is -0.0586. The SMILES string of the molecule is C[C@H]1CN(C(=O)c2cccc(OCc3nnnn3C)c2)C[C@H](C)O1. The number of carbonyl (C=O) groups excluding carboxylic acids is 1. The predicted molar refractivity (Wildman–Crippen MR) is 85.5 cm³/mol. The molecule has 1 aliphatic rings. The van der Waals surface area contributed by atoms with E-state index in [-0.39, 0.29) is 24.7 Å². The quantitative estimate of drug-likeness (QED) is 0.832. The molecular formula is C16H21N5O3. The number of nitrogens with zero attached hydrogens (tertiary/aromatic N) is 5. The van der Waals surface area contributed by atoms with E-state index in [0.29, 0.717) is 30.2 Å². The summed E-state index contributed by atoms with van der Waals surface area (Å²) < 4.78 is 12.9. The molecule has 0 saturated carbocycles. The van der Waals surface area contributed by atoms with Gasteiger partial charge in [0.1, 0.15) is 12.4 Å². The maximum absolute atomic E-state index is 12.7. The first-order chi connectivity index (χ1) is 11.5. The average molecular weight is 331 g/mol. The molecule has 1 amide bonds. The van der Waals surface area contributed by atoms with Crippen molar-refractivity contribution in [1.29, 1.82) is 0 Å². The Balaban J connectivity index is 1.68. The summed E-state index contributed by atoms with van der Waals surface area (Å²) in [7, 11) is 1.75. The molecule has 2 atom stereocenters. The van der Waals surface area contributed by atoms with Gasteiger partial charge >= 0.3 is 0 Å². The van der Waals surface area contributed by atoms with Crippen LogP contribution in [-0.2, 0) is 18.4 Å². The maximum atomic E-state index is 12.7. The van der Waals surface area contributed by atoms with Gasteiger partial charge in [-0.05, 0) is 42.5 Å². The van der Waals surface area contributed by atoms with Gasteiger partial charge in [-0.3, -0.25) is 4.79 Å². The molecule has 0 unspecified atom stereocenters. The number of tetrazole rings is 1. The minimum atomic E-state index is -0.0113. The van der Waals surface area contributed by atoms with Crippen molar-refractivity contribution in [3.8, 4) is 5.75 Å². The van der Waals surface area contributed by atoms with E-state index in [4.69, 9.17) is 9.47 Å². The molecule has 0 N–H and O–H groups in total. The Bertz CT molecular complexity index is 707. The van der Waals surface area contributed by atoms with Crippen LogP contribution in [-0.4, -0.2) is 56.3 Å². The number of hydrogen-bond acceptors (Lipinski definition) is 6. The highest BCUT2D eigenvalue weighted by Gasteiger charge is 2.26. The second-order valence-corrected chi connectivity index (χ2v) is 6.00. The first-order valence-corrected chi connectivity index (χ1v) is 7.91. The largest absolute Gasteiger partial charge is 0.486 e. The van der Waals surface area contributed by atoms with E-state index < -0.39 is 0 Å². The lowest BCUT2D eigenvalue weighted by atomic mass is 10.1. The zero-order valence-electron chi connectivity index (χ0n) is 14.0. The van der Waals surface area contributed by atoms with Crippen molar-refractivity contribution in [3.05, 3.63) is 35.7 Å². The lowest BCUT2D eigenvalue weighted by Gasteiger charge is -2.35. The Morgan fingerprint density at radius 1 is 1.33 bits per heavy atom. The first-order valence-electron chi connectivity index (χ1n) is 7.91. The molecule has 8 nitrogen and oxygen atoms in total.